The van der Waals surface area contributed by atoms with E-state index in [2.05, 4.69) is 30.8 Å². The van der Waals surface area contributed by atoms with Crippen molar-refractivity contribution in [2.24, 2.45) is 0 Å². The first-order chi connectivity index (χ1) is 9.22. The summed E-state index contributed by atoms with van der Waals surface area (Å²) in [5, 5.41) is 3.45. The predicted molar refractivity (Wildman–Crippen MR) is 75.3 cm³/mol. The SMILES string of the molecule is Fc1ccc(Cn2ccnc2CNC2CC2)c(Br)c1. The highest BCUT2D eigenvalue weighted by atomic mass is 79.9. The fraction of sp³-hybridized carbons (Fsp3) is 0.357. The molecule has 0 aliphatic heterocycles. The summed E-state index contributed by atoms with van der Waals surface area (Å²) in [6.07, 6.45) is 6.30. The van der Waals surface area contributed by atoms with Crippen LogP contribution in [-0.4, -0.2) is 15.6 Å². The molecule has 3 rings (SSSR count). The third kappa shape index (κ3) is 3.22. The van der Waals surface area contributed by atoms with Gasteiger partial charge < -0.3 is 9.88 Å². The van der Waals surface area contributed by atoms with Crippen LogP contribution in [0.25, 0.3) is 0 Å². The van der Waals surface area contributed by atoms with E-state index >= 15 is 0 Å². The second-order valence-electron chi connectivity index (χ2n) is 4.86. The minimum absolute atomic E-state index is 0.225. The highest BCUT2D eigenvalue weighted by molar-refractivity contribution is 9.10. The molecule has 0 radical (unpaired) electrons. The van der Waals surface area contributed by atoms with E-state index in [0.717, 1.165) is 22.4 Å². The lowest BCUT2D eigenvalue weighted by atomic mass is 10.2. The highest BCUT2D eigenvalue weighted by Gasteiger charge is 2.20. The molecule has 19 heavy (non-hydrogen) atoms. The molecule has 0 amide bonds. The summed E-state index contributed by atoms with van der Waals surface area (Å²) < 4.78 is 15.9. The van der Waals surface area contributed by atoms with Gasteiger partial charge in [-0.05, 0) is 30.5 Å². The average molecular weight is 324 g/mol. The molecule has 0 unspecified atom stereocenters. The van der Waals surface area contributed by atoms with Crippen LogP contribution in [0.3, 0.4) is 0 Å². The van der Waals surface area contributed by atoms with E-state index < -0.39 is 0 Å². The molecule has 0 atom stereocenters. The number of hydrogen-bond acceptors (Lipinski definition) is 2. The normalized spacial score (nSPS) is 14.8. The molecule has 1 heterocycles. The van der Waals surface area contributed by atoms with Gasteiger partial charge in [0.05, 0.1) is 6.54 Å². The number of imidazole rings is 1. The van der Waals surface area contributed by atoms with Gasteiger partial charge in [0.2, 0.25) is 0 Å². The van der Waals surface area contributed by atoms with Gasteiger partial charge in [-0.25, -0.2) is 9.37 Å². The zero-order valence-corrected chi connectivity index (χ0v) is 12.0. The molecule has 1 saturated carbocycles. The maximum absolute atomic E-state index is 13.1. The van der Waals surface area contributed by atoms with Gasteiger partial charge in [0.15, 0.2) is 0 Å². The summed E-state index contributed by atoms with van der Waals surface area (Å²) in [6, 6.07) is 5.45. The third-order valence-electron chi connectivity index (χ3n) is 3.28. The highest BCUT2D eigenvalue weighted by Crippen LogP contribution is 2.21. The molecular formula is C14H15BrFN3. The number of benzene rings is 1. The number of nitrogens with one attached hydrogen (secondary N) is 1. The van der Waals surface area contributed by atoms with Crippen molar-refractivity contribution >= 4 is 15.9 Å². The van der Waals surface area contributed by atoms with Gasteiger partial charge in [-0.3, -0.25) is 0 Å². The molecule has 1 aromatic heterocycles. The lowest BCUT2D eigenvalue weighted by Gasteiger charge is -2.10. The van der Waals surface area contributed by atoms with E-state index in [9.17, 15) is 4.39 Å². The largest absolute Gasteiger partial charge is 0.329 e. The van der Waals surface area contributed by atoms with E-state index in [4.69, 9.17) is 0 Å². The van der Waals surface area contributed by atoms with Crippen LogP contribution in [0, 0.1) is 5.82 Å². The Hall–Kier alpha value is -1.20. The molecule has 0 bridgehead atoms. The number of nitrogens with zero attached hydrogens (tertiary/aromatic N) is 2. The van der Waals surface area contributed by atoms with Crippen LogP contribution in [0.15, 0.2) is 35.1 Å². The molecule has 1 aromatic carbocycles. The number of halogens is 2. The van der Waals surface area contributed by atoms with Crippen LogP contribution in [0.1, 0.15) is 24.2 Å². The number of rotatable bonds is 5. The predicted octanol–water partition coefficient (Wildman–Crippen LogP) is 3.09. The standard InChI is InChI=1S/C14H15BrFN3/c15-13-7-11(16)2-1-10(13)9-19-6-5-17-14(19)8-18-12-3-4-12/h1-2,5-7,12,18H,3-4,8-9H2. The minimum Gasteiger partial charge on any atom is -0.329 e. The van der Waals surface area contributed by atoms with Crippen molar-refractivity contribution in [3.63, 3.8) is 0 Å². The average Bonchev–Trinajstić information content (AvgIpc) is 3.11. The van der Waals surface area contributed by atoms with Crippen molar-refractivity contribution in [2.75, 3.05) is 0 Å². The Morgan fingerprint density at radius 1 is 1.42 bits per heavy atom. The molecular weight excluding hydrogens is 309 g/mol. The zero-order valence-electron chi connectivity index (χ0n) is 10.4. The monoisotopic (exact) mass is 323 g/mol. The lowest BCUT2D eigenvalue weighted by Crippen LogP contribution is -2.19. The number of hydrogen-bond donors (Lipinski definition) is 1. The molecule has 0 saturated heterocycles. The topological polar surface area (TPSA) is 29.9 Å². The van der Waals surface area contributed by atoms with Gasteiger partial charge in [0.1, 0.15) is 11.6 Å². The Bertz CT molecular complexity index is 578. The summed E-state index contributed by atoms with van der Waals surface area (Å²) in [7, 11) is 0. The van der Waals surface area contributed by atoms with Crippen molar-refractivity contribution < 1.29 is 4.39 Å². The summed E-state index contributed by atoms with van der Waals surface area (Å²) >= 11 is 3.40. The quantitative estimate of drug-likeness (QED) is 0.916. The molecule has 5 heteroatoms. The summed E-state index contributed by atoms with van der Waals surface area (Å²) in [5.74, 6) is 0.792. The van der Waals surface area contributed by atoms with Crippen molar-refractivity contribution in [2.45, 2.75) is 32.0 Å². The maximum Gasteiger partial charge on any atom is 0.124 e. The maximum atomic E-state index is 13.1. The van der Waals surface area contributed by atoms with Crippen LogP contribution in [0.5, 0.6) is 0 Å². The molecule has 0 spiro atoms. The smallest absolute Gasteiger partial charge is 0.124 e. The molecule has 2 aromatic rings. The number of aromatic nitrogens is 2. The van der Waals surface area contributed by atoms with Gasteiger partial charge in [-0.2, -0.15) is 0 Å². The first-order valence-corrected chi connectivity index (χ1v) is 7.19. The van der Waals surface area contributed by atoms with Crippen molar-refractivity contribution in [1.82, 2.24) is 14.9 Å². The molecule has 1 aliphatic rings. The molecule has 1 N–H and O–H groups in total. The Balaban J connectivity index is 1.73. The van der Waals surface area contributed by atoms with E-state index in [1.165, 1.54) is 25.0 Å². The summed E-state index contributed by atoms with van der Waals surface area (Å²) in [5.41, 5.74) is 1.05. The van der Waals surface area contributed by atoms with Crippen LogP contribution in [0.2, 0.25) is 0 Å². The zero-order chi connectivity index (χ0) is 13.2. The second-order valence-corrected chi connectivity index (χ2v) is 5.72. The minimum atomic E-state index is -0.225. The van der Waals surface area contributed by atoms with E-state index in [1.54, 1.807) is 12.3 Å². The Labute approximate surface area is 120 Å². The van der Waals surface area contributed by atoms with Gasteiger partial charge in [-0.1, -0.05) is 22.0 Å². The molecule has 1 aliphatic carbocycles. The van der Waals surface area contributed by atoms with Crippen molar-refractivity contribution in [1.29, 1.82) is 0 Å². The van der Waals surface area contributed by atoms with Crippen LogP contribution in [-0.2, 0) is 13.1 Å². The first-order valence-electron chi connectivity index (χ1n) is 6.40. The van der Waals surface area contributed by atoms with E-state index in [-0.39, 0.29) is 5.82 Å². The third-order valence-corrected chi connectivity index (χ3v) is 4.02. The Morgan fingerprint density at radius 3 is 3.00 bits per heavy atom. The van der Waals surface area contributed by atoms with E-state index in [1.807, 2.05) is 6.20 Å². The fourth-order valence-corrected chi connectivity index (χ4v) is 2.48. The van der Waals surface area contributed by atoms with Crippen molar-refractivity contribution in [3.05, 3.63) is 52.3 Å². The van der Waals surface area contributed by atoms with Crippen LogP contribution >= 0.6 is 15.9 Å². The first kappa shape index (κ1) is 12.8. The van der Waals surface area contributed by atoms with Gasteiger partial charge in [0, 0.05) is 29.5 Å². The summed E-state index contributed by atoms with van der Waals surface area (Å²) in [6.45, 7) is 1.49. The fourth-order valence-electron chi connectivity index (χ4n) is 2.01. The second kappa shape index (κ2) is 5.43. The molecule has 1 fully saturated rings. The Kier molecular flexibility index (Phi) is 3.66. The van der Waals surface area contributed by atoms with Crippen LogP contribution in [0.4, 0.5) is 4.39 Å². The van der Waals surface area contributed by atoms with Gasteiger partial charge in [0.25, 0.3) is 0 Å². The molecule has 100 valence electrons. The van der Waals surface area contributed by atoms with Crippen LogP contribution < -0.4 is 5.32 Å². The Morgan fingerprint density at radius 2 is 2.26 bits per heavy atom. The lowest BCUT2D eigenvalue weighted by molar-refractivity contribution is 0.613. The van der Waals surface area contributed by atoms with Crippen molar-refractivity contribution in [3.8, 4) is 0 Å². The van der Waals surface area contributed by atoms with E-state index in [0.29, 0.717) is 12.6 Å². The molecule has 3 nitrogen and oxygen atoms in total. The summed E-state index contributed by atoms with van der Waals surface area (Å²) in [4.78, 5) is 4.37. The van der Waals surface area contributed by atoms with Gasteiger partial charge >= 0.3 is 0 Å². The van der Waals surface area contributed by atoms with Gasteiger partial charge in [-0.15, -0.1) is 0 Å².